The number of hydrogen-bond acceptors (Lipinski definition) is 4. The van der Waals surface area contributed by atoms with E-state index in [-0.39, 0.29) is 5.54 Å². The van der Waals surface area contributed by atoms with Crippen molar-refractivity contribution < 1.29 is 0 Å². The van der Waals surface area contributed by atoms with Crippen molar-refractivity contribution in [1.82, 2.24) is 9.97 Å². The van der Waals surface area contributed by atoms with Gasteiger partial charge in [-0.05, 0) is 37.5 Å². The van der Waals surface area contributed by atoms with Crippen molar-refractivity contribution in [1.29, 1.82) is 0 Å². The summed E-state index contributed by atoms with van der Waals surface area (Å²) in [5.74, 6) is 0. The summed E-state index contributed by atoms with van der Waals surface area (Å²) in [5.41, 5.74) is 7.34. The molecule has 0 spiro atoms. The smallest absolute Gasteiger partial charge is 0.187 e. The van der Waals surface area contributed by atoms with E-state index in [1.807, 2.05) is 18.6 Å². The van der Waals surface area contributed by atoms with Gasteiger partial charge in [-0.3, -0.25) is 0 Å². The summed E-state index contributed by atoms with van der Waals surface area (Å²) in [4.78, 5) is 8.46. The predicted octanol–water partition coefficient (Wildman–Crippen LogP) is 1.62. The minimum absolute atomic E-state index is 0.137. The van der Waals surface area contributed by atoms with Crippen molar-refractivity contribution in [3.63, 3.8) is 0 Å². The molecule has 0 amide bonds. The van der Waals surface area contributed by atoms with Crippen LogP contribution in [0, 0.1) is 0 Å². The molecule has 1 heterocycles. The van der Waals surface area contributed by atoms with Gasteiger partial charge in [-0.2, -0.15) is 0 Å². The molecule has 2 N–H and O–H groups in total. The van der Waals surface area contributed by atoms with E-state index in [2.05, 4.69) is 9.97 Å². The minimum Gasteiger partial charge on any atom is -0.325 e. The lowest BCUT2D eigenvalue weighted by Gasteiger charge is -2.07. The van der Waals surface area contributed by atoms with Gasteiger partial charge in [-0.15, -0.1) is 0 Å². The van der Waals surface area contributed by atoms with Crippen LogP contribution in [-0.4, -0.2) is 21.8 Å². The highest BCUT2D eigenvalue weighted by molar-refractivity contribution is 7.98. The number of aromatic nitrogens is 2. The first-order chi connectivity index (χ1) is 6.72. The molecule has 2 rings (SSSR count). The maximum absolute atomic E-state index is 6.01. The Balaban J connectivity index is 1.89. The molecule has 1 aromatic rings. The molecule has 0 aromatic carbocycles. The van der Waals surface area contributed by atoms with Crippen LogP contribution < -0.4 is 5.73 Å². The molecule has 0 radical (unpaired) electrons. The molecule has 0 unspecified atom stereocenters. The number of hydrogen-bond donors (Lipinski definition) is 1. The Morgan fingerprint density at radius 2 is 2.07 bits per heavy atom. The predicted molar refractivity (Wildman–Crippen MR) is 58.3 cm³/mol. The monoisotopic (exact) mass is 209 g/mol. The highest BCUT2D eigenvalue weighted by Crippen LogP contribution is 2.36. The van der Waals surface area contributed by atoms with Crippen LogP contribution >= 0.6 is 11.8 Å². The second-order valence-electron chi connectivity index (χ2n) is 3.94. The van der Waals surface area contributed by atoms with Crippen LogP contribution in [0.2, 0.25) is 0 Å². The fourth-order valence-corrected chi connectivity index (χ4v) is 1.70. The highest BCUT2D eigenvalue weighted by atomic mass is 32.2. The van der Waals surface area contributed by atoms with Gasteiger partial charge in [0.25, 0.3) is 0 Å². The Morgan fingerprint density at radius 1 is 1.43 bits per heavy atom. The molecule has 1 aliphatic rings. The lowest BCUT2D eigenvalue weighted by atomic mass is 10.1. The Morgan fingerprint density at radius 3 is 2.57 bits per heavy atom. The molecule has 1 saturated carbocycles. The first kappa shape index (κ1) is 9.93. The molecule has 0 aliphatic heterocycles. The summed E-state index contributed by atoms with van der Waals surface area (Å²) < 4.78 is 0. The zero-order chi connectivity index (χ0) is 10.0. The standard InChI is InChI=1S/C10H15N3S/c1-14-9-12-6-8(7-13-9)2-3-10(11)4-5-10/h6-7H,2-5,11H2,1H3. The number of nitrogens with two attached hydrogens (primary N) is 1. The Bertz CT molecular complexity index is 306. The second kappa shape index (κ2) is 3.87. The summed E-state index contributed by atoms with van der Waals surface area (Å²) >= 11 is 1.57. The second-order valence-corrected chi connectivity index (χ2v) is 4.71. The summed E-state index contributed by atoms with van der Waals surface area (Å²) in [6, 6.07) is 0. The first-order valence-corrected chi connectivity index (χ1v) is 6.08. The molecule has 0 atom stereocenters. The number of aryl methyl sites for hydroxylation is 1. The first-order valence-electron chi connectivity index (χ1n) is 4.86. The average Bonchev–Trinajstić information content (AvgIpc) is 2.95. The maximum Gasteiger partial charge on any atom is 0.187 e. The van der Waals surface area contributed by atoms with Crippen LogP contribution in [0.1, 0.15) is 24.8 Å². The van der Waals surface area contributed by atoms with E-state index < -0.39 is 0 Å². The molecule has 0 bridgehead atoms. The third-order valence-electron chi connectivity index (χ3n) is 2.67. The van der Waals surface area contributed by atoms with Crippen LogP contribution in [0.4, 0.5) is 0 Å². The Hall–Kier alpha value is -0.610. The molecular weight excluding hydrogens is 194 g/mol. The van der Waals surface area contributed by atoms with Gasteiger partial charge in [0.1, 0.15) is 0 Å². The number of thioether (sulfide) groups is 1. The van der Waals surface area contributed by atoms with E-state index >= 15 is 0 Å². The zero-order valence-corrected chi connectivity index (χ0v) is 9.18. The summed E-state index contributed by atoms with van der Waals surface area (Å²) in [5, 5.41) is 0.836. The van der Waals surface area contributed by atoms with Gasteiger partial charge in [0.2, 0.25) is 0 Å². The lowest BCUT2D eigenvalue weighted by Crippen LogP contribution is -2.22. The molecule has 4 heteroatoms. The lowest BCUT2D eigenvalue weighted by molar-refractivity contribution is 0.606. The minimum atomic E-state index is 0.137. The molecule has 1 aliphatic carbocycles. The van der Waals surface area contributed by atoms with Crippen LogP contribution in [0.25, 0.3) is 0 Å². The van der Waals surface area contributed by atoms with Gasteiger partial charge >= 0.3 is 0 Å². The van der Waals surface area contributed by atoms with Crippen molar-refractivity contribution >= 4 is 11.8 Å². The molecule has 0 saturated heterocycles. The van der Waals surface area contributed by atoms with Gasteiger partial charge < -0.3 is 5.73 Å². The van der Waals surface area contributed by atoms with Gasteiger partial charge in [0.05, 0.1) is 0 Å². The summed E-state index contributed by atoms with van der Waals surface area (Å²) in [6.07, 6.45) is 10.2. The molecule has 14 heavy (non-hydrogen) atoms. The summed E-state index contributed by atoms with van der Waals surface area (Å²) in [7, 11) is 0. The van der Waals surface area contributed by atoms with E-state index in [1.54, 1.807) is 11.8 Å². The third-order valence-corrected chi connectivity index (χ3v) is 3.24. The SMILES string of the molecule is CSc1ncc(CCC2(N)CC2)cn1. The largest absolute Gasteiger partial charge is 0.325 e. The molecule has 76 valence electrons. The van der Waals surface area contributed by atoms with E-state index in [0.717, 1.165) is 18.0 Å². The maximum atomic E-state index is 6.01. The van der Waals surface area contributed by atoms with Crippen molar-refractivity contribution in [2.24, 2.45) is 5.73 Å². The van der Waals surface area contributed by atoms with E-state index in [4.69, 9.17) is 5.73 Å². The van der Waals surface area contributed by atoms with Crippen LogP contribution in [0.3, 0.4) is 0 Å². The van der Waals surface area contributed by atoms with E-state index in [9.17, 15) is 0 Å². The van der Waals surface area contributed by atoms with Gasteiger partial charge in [-0.1, -0.05) is 11.8 Å². The van der Waals surface area contributed by atoms with Crippen molar-refractivity contribution in [3.05, 3.63) is 18.0 Å². The Kier molecular flexibility index (Phi) is 2.74. The number of rotatable bonds is 4. The highest BCUT2D eigenvalue weighted by Gasteiger charge is 2.37. The van der Waals surface area contributed by atoms with Gasteiger partial charge in [0, 0.05) is 17.9 Å². The topological polar surface area (TPSA) is 51.8 Å². The molecule has 1 aromatic heterocycles. The zero-order valence-electron chi connectivity index (χ0n) is 8.36. The van der Waals surface area contributed by atoms with Crippen molar-refractivity contribution in [2.45, 2.75) is 36.4 Å². The van der Waals surface area contributed by atoms with Crippen molar-refractivity contribution in [3.8, 4) is 0 Å². The third kappa shape index (κ3) is 2.45. The van der Waals surface area contributed by atoms with Gasteiger partial charge in [0.15, 0.2) is 5.16 Å². The van der Waals surface area contributed by atoms with Gasteiger partial charge in [-0.25, -0.2) is 9.97 Å². The molecular formula is C10H15N3S. The number of nitrogens with zero attached hydrogens (tertiary/aromatic N) is 2. The normalized spacial score (nSPS) is 18.1. The van der Waals surface area contributed by atoms with E-state index in [0.29, 0.717) is 0 Å². The average molecular weight is 209 g/mol. The fourth-order valence-electron chi connectivity index (χ4n) is 1.38. The van der Waals surface area contributed by atoms with Crippen molar-refractivity contribution in [2.75, 3.05) is 6.26 Å². The summed E-state index contributed by atoms with van der Waals surface area (Å²) in [6.45, 7) is 0. The molecule has 1 fully saturated rings. The fraction of sp³-hybridized carbons (Fsp3) is 0.600. The molecule has 3 nitrogen and oxygen atoms in total. The Labute approximate surface area is 88.5 Å². The van der Waals surface area contributed by atoms with Crippen LogP contribution in [0.15, 0.2) is 17.6 Å². The van der Waals surface area contributed by atoms with E-state index in [1.165, 1.54) is 18.4 Å². The van der Waals surface area contributed by atoms with Crippen LogP contribution in [0.5, 0.6) is 0 Å². The quantitative estimate of drug-likeness (QED) is 0.605. The van der Waals surface area contributed by atoms with Crippen LogP contribution in [-0.2, 0) is 6.42 Å².